The van der Waals surface area contributed by atoms with E-state index in [0.717, 1.165) is 38.8 Å². The van der Waals surface area contributed by atoms with Crippen LogP contribution in [-0.2, 0) is 4.74 Å². The van der Waals surface area contributed by atoms with Gasteiger partial charge in [0.25, 0.3) is 0 Å². The molecule has 1 aromatic rings. The van der Waals surface area contributed by atoms with E-state index in [4.69, 9.17) is 9.47 Å². The maximum Gasteiger partial charge on any atom is 0.228 e. The molecule has 2 atom stereocenters. The molecule has 3 heterocycles. The third kappa shape index (κ3) is 2.64. The van der Waals surface area contributed by atoms with Crippen LogP contribution in [0.15, 0.2) is 12.3 Å². The quantitative estimate of drug-likeness (QED) is 0.763. The van der Waals surface area contributed by atoms with Gasteiger partial charge in [0, 0.05) is 37.8 Å². The largest absolute Gasteiger partial charge is 0.481 e. The Bertz CT molecular complexity index is 442. The van der Waals surface area contributed by atoms with Crippen molar-refractivity contribution in [2.75, 3.05) is 51.9 Å². The van der Waals surface area contributed by atoms with Crippen molar-refractivity contribution < 1.29 is 9.47 Å². The van der Waals surface area contributed by atoms with Crippen LogP contribution in [0.5, 0.6) is 5.88 Å². The molecular weight excluding hydrogens is 244 g/mol. The van der Waals surface area contributed by atoms with E-state index in [-0.39, 0.29) is 0 Å². The van der Waals surface area contributed by atoms with E-state index in [0.29, 0.717) is 17.8 Å². The smallest absolute Gasteiger partial charge is 0.228 e. The SMILES string of the molecule is COc1ccnc(N2C[C@@H]3COC[C@H](C2)N(C)C3)n1. The van der Waals surface area contributed by atoms with Crippen molar-refractivity contribution >= 4 is 5.95 Å². The summed E-state index contributed by atoms with van der Waals surface area (Å²) in [5, 5.41) is 0. The Kier molecular flexibility index (Phi) is 3.52. The molecule has 0 amide bonds. The van der Waals surface area contributed by atoms with Crippen LogP contribution < -0.4 is 9.64 Å². The number of fused-ring (bicyclic) bond motifs is 3. The van der Waals surface area contributed by atoms with Crippen LogP contribution in [0.1, 0.15) is 0 Å². The number of rotatable bonds is 2. The minimum Gasteiger partial charge on any atom is -0.481 e. The van der Waals surface area contributed by atoms with Crippen molar-refractivity contribution in [3.63, 3.8) is 0 Å². The minimum absolute atomic E-state index is 0.405. The highest BCUT2D eigenvalue weighted by Gasteiger charge is 2.32. The molecule has 0 aliphatic carbocycles. The van der Waals surface area contributed by atoms with Crippen LogP contribution in [0.25, 0.3) is 0 Å². The summed E-state index contributed by atoms with van der Waals surface area (Å²) in [6.07, 6.45) is 1.75. The average molecular weight is 264 g/mol. The van der Waals surface area contributed by atoms with E-state index in [1.807, 2.05) is 0 Å². The molecule has 2 aliphatic heterocycles. The van der Waals surface area contributed by atoms with Crippen LogP contribution in [-0.4, -0.2) is 67.9 Å². The zero-order valence-electron chi connectivity index (χ0n) is 11.5. The molecule has 6 heteroatoms. The van der Waals surface area contributed by atoms with Gasteiger partial charge in [-0.3, -0.25) is 4.90 Å². The second kappa shape index (κ2) is 5.30. The fourth-order valence-electron chi connectivity index (χ4n) is 2.81. The summed E-state index contributed by atoms with van der Waals surface area (Å²) >= 11 is 0. The standard InChI is InChI=1S/C13H20N4O2/c1-16-5-10-6-17(7-11(16)9-19-8-10)13-14-4-3-12(15-13)18-2/h3-4,10-11H,5-9H2,1-2H3/t10-,11+/m1/s1. The molecule has 6 nitrogen and oxygen atoms in total. The van der Waals surface area contributed by atoms with Gasteiger partial charge in [0.2, 0.25) is 11.8 Å². The van der Waals surface area contributed by atoms with Gasteiger partial charge in [-0.2, -0.15) is 4.98 Å². The Labute approximate surface area is 113 Å². The Balaban J connectivity index is 1.84. The number of hydrogen-bond acceptors (Lipinski definition) is 6. The van der Waals surface area contributed by atoms with Crippen LogP contribution in [0.2, 0.25) is 0 Å². The number of nitrogens with zero attached hydrogens (tertiary/aromatic N) is 4. The lowest BCUT2D eigenvalue weighted by molar-refractivity contribution is 0.0928. The van der Waals surface area contributed by atoms with Crippen molar-refractivity contribution in [1.82, 2.24) is 14.9 Å². The summed E-state index contributed by atoms with van der Waals surface area (Å²) < 4.78 is 10.9. The maximum absolute atomic E-state index is 5.73. The Morgan fingerprint density at radius 3 is 3.05 bits per heavy atom. The van der Waals surface area contributed by atoms with Gasteiger partial charge in [-0.15, -0.1) is 0 Å². The molecule has 0 N–H and O–H groups in total. The molecule has 1 aromatic heterocycles. The lowest BCUT2D eigenvalue weighted by Crippen LogP contribution is -2.42. The van der Waals surface area contributed by atoms with Crippen molar-refractivity contribution in [3.05, 3.63) is 12.3 Å². The Hall–Kier alpha value is -1.40. The average Bonchev–Trinajstić information content (AvgIpc) is 2.67. The number of hydrogen-bond donors (Lipinski definition) is 0. The van der Waals surface area contributed by atoms with Crippen molar-refractivity contribution in [2.45, 2.75) is 6.04 Å². The number of aromatic nitrogens is 2. The molecule has 104 valence electrons. The number of anilines is 1. The molecule has 2 aliphatic rings. The van der Waals surface area contributed by atoms with E-state index >= 15 is 0 Å². The topological polar surface area (TPSA) is 50.7 Å². The van der Waals surface area contributed by atoms with Crippen molar-refractivity contribution in [1.29, 1.82) is 0 Å². The number of likely N-dealkylation sites (N-methyl/N-ethyl adjacent to an activating group) is 1. The molecule has 0 radical (unpaired) electrons. The molecule has 0 aromatic carbocycles. The van der Waals surface area contributed by atoms with Gasteiger partial charge in [0.05, 0.1) is 26.4 Å². The molecule has 0 spiro atoms. The van der Waals surface area contributed by atoms with E-state index in [9.17, 15) is 0 Å². The number of ether oxygens (including phenoxy) is 2. The molecule has 0 unspecified atom stereocenters. The maximum atomic E-state index is 5.73. The van der Waals surface area contributed by atoms with Crippen molar-refractivity contribution in [2.24, 2.45) is 5.92 Å². The predicted octanol–water partition coefficient (Wildman–Crippen LogP) is 0.252. The lowest BCUT2D eigenvalue weighted by atomic mass is 10.1. The summed E-state index contributed by atoms with van der Waals surface area (Å²) in [6, 6.07) is 2.18. The van der Waals surface area contributed by atoms with Crippen molar-refractivity contribution in [3.8, 4) is 5.88 Å². The van der Waals surface area contributed by atoms with Crippen LogP contribution in [0, 0.1) is 5.92 Å². The molecule has 0 saturated carbocycles. The zero-order valence-corrected chi connectivity index (χ0v) is 11.5. The Morgan fingerprint density at radius 1 is 1.32 bits per heavy atom. The highest BCUT2D eigenvalue weighted by Crippen LogP contribution is 2.22. The summed E-state index contributed by atoms with van der Waals surface area (Å²) in [6.45, 7) is 4.52. The van der Waals surface area contributed by atoms with E-state index < -0.39 is 0 Å². The second-order valence-electron chi connectivity index (χ2n) is 5.30. The monoisotopic (exact) mass is 264 g/mol. The summed E-state index contributed by atoms with van der Waals surface area (Å²) in [4.78, 5) is 13.5. The predicted molar refractivity (Wildman–Crippen MR) is 71.5 cm³/mol. The second-order valence-corrected chi connectivity index (χ2v) is 5.30. The first-order valence-corrected chi connectivity index (χ1v) is 6.66. The minimum atomic E-state index is 0.405. The van der Waals surface area contributed by atoms with Gasteiger partial charge >= 0.3 is 0 Å². The highest BCUT2D eigenvalue weighted by atomic mass is 16.5. The van der Waals surface area contributed by atoms with Gasteiger partial charge in [-0.05, 0) is 7.05 Å². The summed E-state index contributed by atoms with van der Waals surface area (Å²) in [7, 11) is 3.80. The van der Waals surface area contributed by atoms with Gasteiger partial charge in [-0.1, -0.05) is 0 Å². The molecule has 2 saturated heterocycles. The molecular formula is C13H20N4O2. The lowest BCUT2D eigenvalue weighted by Gasteiger charge is -2.29. The molecule has 2 bridgehead atoms. The fourth-order valence-corrected chi connectivity index (χ4v) is 2.81. The molecule has 19 heavy (non-hydrogen) atoms. The first-order chi connectivity index (χ1) is 9.26. The Morgan fingerprint density at radius 2 is 2.21 bits per heavy atom. The summed E-state index contributed by atoms with van der Waals surface area (Å²) in [5.41, 5.74) is 0. The highest BCUT2D eigenvalue weighted by molar-refractivity contribution is 5.33. The van der Waals surface area contributed by atoms with Crippen LogP contribution >= 0.6 is 0 Å². The van der Waals surface area contributed by atoms with E-state index in [1.54, 1.807) is 19.4 Å². The number of methoxy groups -OCH3 is 1. The molecule has 2 fully saturated rings. The van der Waals surface area contributed by atoms with Gasteiger partial charge in [-0.25, -0.2) is 4.98 Å². The van der Waals surface area contributed by atoms with E-state index in [1.165, 1.54) is 0 Å². The third-order valence-electron chi connectivity index (χ3n) is 3.85. The third-order valence-corrected chi connectivity index (χ3v) is 3.85. The van der Waals surface area contributed by atoms with Crippen LogP contribution in [0.3, 0.4) is 0 Å². The van der Waals surface area contributed by atoms with Crippen LogP contribution in [0.4, 0.5) is 5.95 Å². The normalized spacial score (nSPS) is 28.0. The summed E-state index contributed by atoms with van der Waals surface area (Å²) in [5.74, 6) is 1.88. The van der Waals surface area contributed by atoms with Gasteiger partial charge < -0.3 is 14.4 Å². The van der Waals surface area contributed by atoms with Gasteiger partial charge in [0.15, 0.2) is 0 Å². The fraction of sp³-hybridized carbons (Fsp3) is 0.692. The zero-order chi connectivity index (χ0) is 13.2. The van der Waals surface area contributed by atoms with Gasteiger partial charge in [0.1, 0.15) is 0 Å². The van der Waals surface area contributed by atoms with E-state index in [2.05, 4.69) is 26.8 Å². The first kappa shape index (κ1) is 12.6. The molecule has 3 rings (SSSR count). The first-order valence-electron chi connectivity index (χ1n) is 6.66.